The number of ketones is 1. The normalized spacial score (nSPS) is 27.6. The topological polar surface area (TPSA) is 99.8 Å². The first kappa shape index (κ1) is 23.3. The summed E-state index contributed by atoms with van der Waals surface area (Å²) in [5.74, 6) is -1.55. The van der Waals surface area contributed by atoms with Gasteiger partial charge in [-0.25, -0.2) is 4.39 Å². The maximum atomic E-state index is 14.7. The Morgan fingerprint density at radius 1 is 1.26 bits per heavy atom. The number of alkyl halides is 1. The molecule has 4 heterocycles. The molecule has 0 aromatic carbocycles. The van der Waals surface area contributed by atoms with Crippen molar-refractivity contribution >= 4 is 46.1 Å². The minimum Gasteiger partial charge on any atom is -0.366 e. The van der Waals surface area contributed by atoms with E-state index in [1.165, 1.54) is 11.0 Å². The van der Waals surface area contributed by atoms with Gasteiger partial charge in [0, 0.05) is 24.5 Å². The summed E-state index contributed by atoms with van der Waals surface area (Å²) in [6, 6.07) is -0.323. The van der Waals surface area contributed by atoms with Gasteiger partial charge in [0.05, 0.1) is 15.1 Å². The number of ether oxygens (including phenoxy) is 1. The first-order valence-electron chi connectivity index (χ1n) is 11.5. The van der Waals surface area contributed by atoms with Crippen LogP contribution in [0, 0.1) is 11.7 Å². The molecule has 2 saturated heterocycles. The number of halogens is 2. The number of fused-ring (bicyclic) bond motifs is 1. The molecule has 5 rings (SSSR count). The molecule has 3 fully saturated rings. The lowest BCUT2D eigenvalue weighted by Crippen LogP contribution is -2.55. The van der Waals surface area contributed by atoms with Crippen molar-refractivity contribution in [1.82, 2.24) is 21.1 Å². The molecule has 1 saturated carbocycles. The number of rotatable bonds is 5. The average Bonchev–Trinajstić information content (AvgIpc) is 3.53. The maximum absolute atomic E-state index is 14.7. The quantitative estimate of drug-likeness (QED) is 0.528. The van der Waals surface area contributed by atoms with Crippen LogP contribution in [-0.2, 0) is 14.3 Å². The van der Waals surface area contributed by atoms with Crippen molar-refractivity contribution in [1.29, 1.82) is 0 Å². The molecule has 34 heavy (non-hydrogen) atoms. The summed E-state index contributed by atoms with van der Waals surface area (Å²) in [6.07, 6.45) is 9.04. The van der Waals surface area contributed by atoms with Crippen LogP contribution in [0.4, 0.5) is 4.39 Å². The molecule has 1 aromatic rings. The van der Waals surface area contributed by atoms with E-state index in [2.05, 4.69) is 16.2 Å². The predicted octanol–water partition coefficient (Wildman–Crippen LogP) is 2.31. The van der Waals surface area contributed by atoms with Gasteiger partial charge >= 0.3 is 0 Å². The predicted molar refractivity (Wildman–Crippen MR) is 125 cm³/mol. The van der Waals surface area contributed by atoms with Gasteiger partial charge in [0.15, 0.2) is 5.78 Å². The molecule has 4 aliphatic rings. The van der Waals surface area contributed by atoms with Crippen LogP contribution in [0.5, 0.6) is 0 Å². The van der Waals surface area contributed by atoms with Crippen molar-refractivity contribution < 1.29 is 23.5 Å². The molecule has 3 aliphatic heterocycles. The van der Waals surface area contributed by atoms with Crippen LogP contribution in [0.3, 0.4) is 0 Å². The Labute approximate surface area is 205 Å². The van der Waals surface area contributed by atoms with Crippen molar-refractivity contribution in [3.63, 3.8) is 0 Å². The van der Waals surface area contributed by atoms with Crippen LogP contribution in [0.1, 0.15) is 46.7 Å². The van der Waals surface area contributed by atoms with Gasteiger partial charge in [-0.15, -0.1) is 22.9 Å². The highest BCUT2D eigenvalue weighted by atomic mass is 35.5. The summed E-state index contributed by atoms with van der Waals surface area (Å²) in [5.41, 5.74) is 6.16. The number of carbonyl (C=O) groups is 3. The van der Waals surface area contributed by atoms with Gasteiger partial charge in [0.25, 0.3) is 5.91 Å². The molecule has 182 valence electrons. The van der Waals surface area contributed by atoms with Crippen molar-refractivity contribution in [2.75, 3.05) is 13.2 Å². The fourth-order valence-electron chi connectivity index (χ4n) is 5.23. The number of nitrogens with one attached hydrogen (secondary N) is 3. The zero-order valence-corrected chi connectivity index (χ0v) is 20.0. The Balaban J connectivity index is 1.38. The fraction of sp³-hybridized carbons (Fsp3) is 0.522. The van der Waals surface area contributed by atoms with Crippen molar-refractivity contribution in [2.24, 2.45) is 5.92 Å². The van der Waals surface area contributed by atoms with Gasteiger partial charge in [0.2, 0.25) is 5.91 Å². The van der Waals surface area contributed by atoms with E-state index >= 15 is 0 Å². The standard InChI is InChI=1S/C23H26ClFN4O4S/c24-14-10-29(19-16(30)11-33-20(14)19)23(32)18(12-4-2-1-3-5-12)28-22(31)17-8-15(25)21(34-17)13-6-7-26-27-9-13/h6-9,12,14,18-20,26-27H,1-5,10-11H2,(H,28,31)/t14-,18-,19+,20+/m0/s1. The molecule has 1 aromatic heterocycles. The van der Waals surface area contributed by atoms with Crippen LogP contribution in [0.2, 0.25) is 0 Å². The highest BCUT2D eigenvalue weighted by molar-refractivity contribution is 7.15. The molecule has 0 unspecified atom stereocenters. The third-order valence-electron chi connectivity index (χ3n) is 6.91. The number of Topliss-reactive ketones (excluding diaryl/α,β-unsaturated/α-hetero) is 1. The SMILES string of the molecule is O=C(N[C@H](C(=O)N1C[C@H](Cl)[C@H]2OCC(=O)[C@H]21)C1CCCCC1)c1cc(F)c(C2=CNNC=C2)s1. The lowest BCUT2D eigenvalue weighted by atomic mass is 9.83. The second-order valence-electron chi connectivity index (χ2n) is 9.05. The largest absolute Gasteiger partial charge is 0.366 e. The molecule has 4 atom stereocenters. The van der Waals surface area contributed by atoms with E-state index in [4.69, 9.17) is 16.3 Å². The monoisotopic (exact) mass is 508 g/mol. The number of thiophene rings is 1. The van der Waals surface area contributed by atoms with Crippen LogP contribution in [0.15, 0.2) is 24.5 Å². The van der Waals surface area contributed by atoms with E-state index in [-0.39, 0.29) is 35.6 Å². The second-order valence-corrected chi connectivity index (χ2v) is 10.7. The molecular formula is C23H26ClFN4O4S. The first-order chi connectivity index (χ1) is 16.4. The van der Waals surface area contributed by atoms with Gasteiger partial charge in [-0.3, -0.25) is 14.4 Å². The van der Waals surface area contributed by atoms with Gasteiger partial charge in [-0.05, 0) is 30.9 Å². The van der Waals surface area contributed by atoms with Crippen LogP contribution in [-0.4, -0.2) is 59.2 Å². The number of nitrogens with zero attached hydrogens (tertiary/aromatic N) is 1. The molecule has 0 radical (unpaired) electrons. The molecule has 3 N–H and O–H groups in total. The summed E-state index contributed by atoms with van der Waals surface area (Å²) in [7, 11) is 0. The molecule has 11 heteroatoms. The summed E-state index contributed by atoms with van der Waals surface area (Å²) < 4.78 is 20.2. The molecule has 1 aliphatic carbocycles. The summed E-state index contributed by atoms with van der Waals surface area (Å²) in [5, 5.41) is 2.41. The number of amides is 2. The summed E-state index contributed by atoms with van der Waals surface area (Å²) in [6.45, 7) is 0.133. The van der Waals surface area contributed by atoms with E-state index in [0.29, 0.717) is 10.5 Å². The molecule has 0 spiro atoms. The molecule has 2 amide bonds. The lowest BCUT2D eigenvalue weighted by molar-refractivity contribution is -0.139. The number of carbonyl (C=O) groups excluding carboxylic acids is 3. The van der Waals surface area contributed by atoms with Gasteiger partial charge in [0.1, 0.15) is 30.6 Å². The Kier molecular flexibility index (Phi) is 6.63. The fourth-order valence-corrected chi connectivity index (χ4v) is 6.52. The highest BCUT2D eigenvalue weighted by Crippen LogP contribution is 2.34. The van der Waals surface area contributed by atoms with Crippen molar-refractivity contribution in [3.8, 4) is 0 Å². The number of allylic oxidation sites excluding steroid dienone is 2. The number of likely N-dealkylation sites (tertiary alicyclic amines) is 1. The maximum Gasteiger partial charge on any atom is 0.262 e. The van der Waals surface area contributed by atoms with E-state index in [1.54, 1.807) is 18.5 Å². The Morgan fingerprint density at radius 3 is 2.79 bits per heavy atom. The Morgan fingerprint density at radius 2 is 2.06 bits per heavy atom. The smallest absolute Gasteiger partial charge is 0.262 e. The van der Waals surface area contributed by atoms with Crippen molar-refractivity contribution in [3.05, 3.63) is 40.1 Å². The van der Waals surface area contributed by atoms with Crippen LogP contribution < -0.4 is 16.2 Å². The zero-order chi connectivity index (χ0) is 23.8. The number of hydrogen-bond acceptors (Lipinski definition) is 7. The summed E-state index contributed by atoms with van der Waals surface area (Å²) >= 11 is 7.41. The summed E-state index contributed by atoms with van der Waals surface area (Å²) in [4.78, 5) is 41.3. The van der Waals surface area contributed by atoms with Crippen molar-refractivity contribution in [2.45, 2.75) is 55.7 Å². The van der Waals surface area contributed by atoms with E-state index < -0.39 is 35.3 Å². The van der Waals surface area contributed by atoms with Gasteiger partial charge in [-0.2, -0.15) is 0 Å². The average molecular weight is 509 g/mol. The number of hydrogen-bond donors (Lipinski definition) is 3. The first-order valence-corrected chi connectivity index (χ1v) is 12.8. The minimum absolute atomic E-state index is 0.0565. The molecule has 8 nitrogen and oxygen atoms in total. The zero-order valence-electron chi connectivity index (χ0n) is 18.4. The number of hydrazine groups is 1. The van der Waals surface area contributed by atoms with E-state index in [9.17, 15) is 18.8 Å². The Bertz CT molecular complexity index is 1050. The minimum atomic E-state index is -0.808. The van der Waals surface area contributed by atoms with Crippen LogP contribution in [0.25, 0.3) is 5.57 Å². The van der Waals surface area contributed by atoms with Gasteiger partial charge < -0.3 is 25.8 Å². The van der Waals surface area contributed by atoms with E-state index in [1.807, 2.05) is 0 Å². The molecule has 0 bridgehead atoms. The van der Waals surface area contributed by atoms with E-state index in [0.717, 1.165) is 43.4 Å². The van der Waals surface area contributed by atoms with Crippen LogP contribution >= 0.6 is 22.9 Å². The third kappa shape index (κ3) is 4.34. The highest BCUT2D eigenvalue weighted by Gasteiger charge is 2.53. The van der Waals surface area contributed by atoms with Gasteiger partial charge in [-0.1, -0.05) is 19.3 Å². The third-order valence-corrected chi connectivity index (χ3v) is 8.45. The Hall–Kier alpha value is -2.43. The molecular weight excluding hydrogens is 483 g/mol. The lowest BCUT2D eigenvalue weighted by Gasteiger charge is -2.34. The second kappa shape index (κ2) is 9.67.